The Morgan fingerprint density at radius 2 is 1.91 bits per heavy atom. The molecule has 186 valence electrons. The molecule has 0 aliphatic carbocycles. The van der Waals surface area contributed by atoms with Crippen molar-refractivity contribution in [3.63, 3.8) is 0 Å². The lowest BCUT2D eigenvalue weighted by Gasteiger charge is -2.14. The van der Waals surface area contributed by atoms with Crippen molar-refractivity contribution in [2.24, 2.45) is 5.73 Å². The highest BCUT2D eigenvalue weighted by Gasteiger charge is 2.23. The number of methoxy groups -OCH3 is 1. The Kier molecular flexibility index (Phi) is 7.80. The van der Waals surface area contributed by atoms with E-state index in [2.05, 4.69) is 32.2 Å². The van der Waals surface area contributed by atoms with Crippen molar-refractivity contribution in [2.75, 3.05) is 51.4 Å². The van der Waals surface area contributed by atoms with Crippen LogP contribution in [-0.4, -0.2) is 60.2 Å². The third kappa shape index (κ3) is 5.22. The lowest BCUT2D eigenvalue weighted by atomic mass is 10.0. The molecule has 5 N–H and O–H groups in total. The molecule has 0 radical (unpaired) electrons. The zero-order chi connectivity index (χ0) is 25.1. The molecule has 2 aromatic heterocycles. The van der Waals surface area contributed by atoms with E-state index < -0.39 is 11.6 Å². The monoisotopic (exact) mass is 521 g/mol. The molecular formula is C23H26ClF2N7OS. The van der Waals surface area contributed by atoms with Gasteiger partial charge >= 0.3 is 6.01 Å². The molecule has 3 heterocycles. The van der Waals surface area contributed by atoms with E-state index in [1.807, 2.05) is 0 Å². The summed E-state index contributed by atoms with van der Waals surface area (Å²) in [6.07, 6.45) is 2.83. The topological polar surface area (TPSA) is 115 Å². The highest BCUT2D eigenvalue weighted by atomic mass is 35.5. The number of likely N-dealkylation sites (tertiary alicyclic amines) is 1. The molecule has 1 fully saturated rings. The van der Waals surface area contributed by atoms with Gasteiger partial charge in [0.2, 0.25) is 0 Å². The normalized spacial score (nSPS) is 13.8. The highest BCUT2D eigenvalue weighted by molar-refractivity contribution is 7.22. The molecule has 0 spiro atoms. The second-order valence-electron chi connectivity index (χ2n) is 8.05. The van der Waals surface area contributed by atoms with Gasteiger partial charge in [-0.1, -0.05) is 22.9 Å². The van der Waals surface area contributed by atoms with E-state index in [1.165, 1.54) is 45.2 Å². The predicted molar refractivity (Wildman–Crippen MR) is 138 cm³/mol. The van der Waals surface area contributed by atoms with Gasteiger partial charge in [0.15, 0.2) is 10.9 Å². The number of ether oxygens (including phenoxy) is 1. The summed E-state index contributed by atoms with van der Waals surface area (Å²) in [5.41, 5.74) is 11.8. The zero-order valence-corrected chi connectivity index (χ0v) is 20.9. The number of fused-ring (bicyclic) bond motifs is 2. The molecule has 0 bridgehead atoms. The van der Waals surface area contributed by atoms with E-state index in [-0.39, 0.29) is 32.8 Å². The maximum Gasteiger partial charge on any atom is 0.318 e. The highest BCUT2D eigenvalue weighted by Crippen LogP contribution is 2.42. The molecule has 0 saturated carbocycles. The first kappa shape index (κ1) is 25.2. The molecule has 0 amide bonds. The summed E-state index contributed by atoms with van der Waals surface area (Å²) in [5, 5.41) is 3.66. The fourth-order valence-corrected chi connectivity index (χ4v) is 5.06. The van der Waals surface area contributed by atoms with Gasteiger partial charge in [-0.2, -0.15) is 9.97 Å². The molecule has 4 aromatic rings. The smallest absolute Gasteiger partial charge is 0.318 e. The van der Waals surface area contributed by atoms with E-state index in [4.69, 9.17) is 27.8 Å². The summed E-state index contributed by atoms with van der Waals surface area (Å²) < 4.78 is 35.3. The van der Waals surface area contributed by atoms with Crippen molar-refractivity contribution in [3.05, 3.63) is 34.9 Å². The van der Waals surface area contributed by atoms with Crippen LogP contribution in [-0.2, 0) is 0 Å². The Labute approximate surface area is 210 Å². The van der Waals surface area contributed by atoms with Crippen molar-refractivity contribution >= 4 is 55.0 Å². The standard InChI is InChI=1S/C18H15ClF2N6OS.C5H11N/c1-28-18-26-13-8(16(27-18)24-5-4-22)6-9(19)11(12(13)21)7-2-3-10(20)14-15(7)29-17(23)25-14;1-6-4-2-3-5-6/h2-3,6H,4-5,22H2,1H3,(H2,23,25)(H,24,26,27);2-5H2,1H3. The number of aromatic nitrogens is 3. The zero-order valence-electron chi connectivity index (χ0n) is 19.4. The van der Waals surface area contributed by atoms with Crippen molar-refractivity contribution in [3.8, 4) is 17.1 Å². The number of nitrogen functional groups attached to an aromatic ring is 1. The fraction of sp³-hybridized carbons (Fsp3) is 0.348. The number of benzene rings is 2. The number of halogens is 3. The summed E-state index contributed by atoms with van der Waals surface area (Å²) in [4.78, 5) is 14.7. The van der Waals surface area contributed by atoms with Crippen LogP contribution < -0.4 is 21.5 Å². The van der Waals surface area contributed by atoms with Crippen LogP contribution in [0.5, 0.6) is 6.01 Å². The largest absolute Gasteiger partial charge is 0.467 e. The van der Waals surface area contributed by atoms with Gasteiger partial charge in [0.05, 0.1) is 16.8 Å². The van der Waals surface area contributed by atoms with Crippen LogP contribution in [0.25, 0.3) is 32.2 Å². The number of nitrogens with one attached hydrogen (secondary N) is 1. The van der Waals surface area contributed by atoms with Gasteiger partial charge in [-0.15, -0.1) is 0 Å². The molecule has 1 aliphatic heterocycles. The fourth-order valence-electron chi connectivity index (χ4n) is 3.90. The lowest BCUT2D eigenvalue weighted by molar-refractivity contribution is 0.382. The van der Waals surface area contributed by atoms with Crippen LogP contribution >= 0.6 is 22.9 Å². The number of rotatable bonds is 5. The van der Waals surface area contributed by atoms with Gasteiger partial charge in [0.25, 0.3) is 0 Å². The average molecular weight is 522 g/mol. The first-order valence-corrected chi connectivity index (χ1v) is 12.2. The minimum Gasteiger partial charge on any atom is -0.467 e. The quantitative estimate of drug-likeness (QED) is 0.351. The van der Waals surface area contributed by atoms with E-state index in [0.717, 1.165) is 11.3 Å². The Hall–Kier alpha value is -2.86. The van der Waals surface area contributed by atoms with E-state index in [0.29, 0.717) is 34.6 Å². The number of nitrogens with zero attached hydrogens (tertiary/aromatic N) is 4. The summed E-state index contributed by atoms with van der Waals surface area (Å²) in [6, 6.07) is 4.17. The SMILES string of the molecule is CN1CCCC1.COc1nc(NCCN)c2cc(Cl)c(-c3ccc(F)c4nc(N)sc34)c(F)c2n1. The van der Waals surface area contributed by atoms with E-state index >= 15 is 4.39 Å². The maximum atomic E-state index is 15.6. The number of anilines is 2. The van der Waals surface area contributed by atoms with Crippen LogP contribution in [0.3, 0.4) is 0 Å². The van der Waals surface area contributed by atoms with E-state index in [9.17, 15) is 4.39 Å². The molecule has 2 aromatic carbocycles. The number of nitrogens with two attached hydrogens (primary N) is 2. The molecule has 1 aliphatic rings. The van der Waals surface area contributed by atoms with Crippen LogP contribution in [0.15, 0.2) is 18.2 Å². The minimum atomic E-state index is -0.691. The van der Waals surface area contributed by atoms with Crippen LogP contribution in [0.1, 0.15) is 12.8 Å². The summed E-state index contributed by atoms with van der Waals surface area (Å²) in [5.74, 6) is -0.897. The number of thiazole rings is 1. The van der Waals surface area contributed by atoms with Gasteiger partial charge in [-0.25, -0.2) is 13.8 Å². The second-order valence-corrected chi connectivity index (χ2v) is 9.49. The van der Waals surface area contributed by atoms with Gasteiger partial charge in [0, 0.05) is 29.6 Å². The number of hydrogen-bond acceptors (Lipinski definition) is 9. The van der Waals surface area contributed by atoms with Crippen molar-refractivity contribution in [2.45, 2.75) is 12.8 Å². The molecule has 0 unspecified atom stereocenters. The van der Waals surface area contributed by atoms with Crippen LogP contribution in [0.2, 0.25) is 5.02 Å². The molecule has 8 nitrogen and oxygen atoms in total. The average Bonchev–Trinajstić information content (AvgIpc) is 3.48. The first-order chi connectivity index (χ1) is 16.8. The molecule has 35 heavy (non-hydrogen) atoms. The molecule has 0 atom stereocenters. The molecule has 12 heteroatoms. The lowest BCUT2D eigenvalue weighted by Crippen LogP contribution is -2.14. The Balaban J connectivity index is 0.000000421. The third-order valence-corrected chi connectivity index (χ3v) is 6.81. The van der Waals surface area contributed by atoms with E-state index in [1.54, 1.807) is 6.07 Å². The predicted octanol–water partition coefficient (Wildman–Crippen LogP) is 4.51. The number of hydrogen-bond donors (Lipinski definition) is 3. The molecule has 5 rings (SSSR count). The molecule has 1 saturated heterocycles. The Morgan fingerprint density at radius 1 is 1.17 bits per heavy atom. The van der Waals surface area contributed by atoms with Crippen molar-refractivity contribution in [1.29, 1.82) is 0 Å². The summed E-state index contributed by atoms with van der Waals surface area (Å²) in [7, 11) is 3.55. The summed E-state index contributed by atoms with van der Waals surface area (Å²) >= 11 is 7.50. The van der Waals surface area contributed by atoms with Crippen molar-refractivity contribution in [1.82, 2.24) is 19.9 Å². The van der Waals surface area contributed by atoms with Crippen LogP contribution in [0.4, 0.5) is 19.7 Å². The van der Waals surface area contributed by atoms with Crippen molar-refractivity contribution < 1.29 is 13.5 Å². The summed E-state index contributed by atoms with van der Waals surface area (Å²) in [6.45, 7) is 3.40. The first-order valence-electron chi connectivity index (χ1n) is 11.0. The second kappa shape index (κ2) is 10.8. The van der Waals surface area contributed by atoms with Gasteiger partial charge < -0.3 is 26.4 Å². The molecular weight excluding hydrogens is 496 g/mol. The minimum absolute atomic E-state index is 0.00531. The third-order valence-electron chi connectivity index (χ3n) is 5.59. The van der Waals surface area contributed by atoms with Gasteiger partial charge in [-0.05, 0) is 51.2 Å². The van der Waals surface area contributed by atoms with Gasteiger partial charge in [-0.3, -0.25) is 0 Å². The van der Waals surface area contributed by atoms with Gasteiger partial charge in [0.1, 0.15) is 22.7 Å². The van der Waals surface area contributed by atoms with Crippen LogP contribution in [0, 0.1) is 11.6 Å². The Morgan fingerprint density at radius 3 is 2.54 bits per heavy atom. The Bertz CT molecular complexity index is 1360. The maximum absolute atomic E-state index is 15.6.